The summed E-state index contributed by atoms with van der Waals surface area (Å²) in [6.07, 6.45) is 11.8. The van der Waals surface area contributed by atoms with Gasteiger partial charge in [0.1, 0.15) is 0 Å². The first-order chi connectivity index (χ1) is 8.64. The van der Waals surface area contributed by atoms with Crippen LogP contribution in [-0.4, -0.2) is 30.6 Å². The van der Waals surface area contributed by atoms with Crippen molar-refractivity contribution in [2.24, 2.45) is 28.9 Å². The van der Waals surface area contributed by atoms with Crippen LogP contribution in [0, 0.1) is 23.2 Å². The average Bonchev–Trinajstić information content (AvgIpc) is 3.10. The van der Waals surface area contributed by atoms with Crippen LogP contribution in [0.1, 0.15) is 51.4 Å². The predicted molar refractivity (Wildman–Crippen MR) is 74.2 cm³/mol. The van der Waals surface area contributed by atoms with Crippen molar-refractivity contribution in [1.82, 2.24) is 4.90 Å². The second-order valence-electron chi connectivity index (χ2n) is 8.06. The molecule has 0 heterocycles. The number of nitrogens with two attached hydrogens (primary N) is 1. The predicted octanol–water partition coefficient (Wildman–Crippen LogP) is 2.62. The molecule has 0 aliphatic heterocycles. The van der Waals surface area contributed by atoms with Crippen molar-refractivity contribution < 1.29 is 0 Å². The number of hydrogen-bond donors (Lipinski definition) is 1. The molecule has 2 N–H and O–H groups in total. The van der Waals surface area contributed by atoms with E-state index in [9.17, 15) is 0 Å². The average molecular weight is 248 g/mol. The minimum atomic E-state index is 0.441. The number of rotatable bonds is 4. The van der Waals surface area contributed by atoms with Crippen LogP contribution in [0.15, 0.2) is 0 Å². The zero-order chi connectivity index (χ0) is 12.3. The van der Waals surface area contributed by atoms with Gasteiger partial charge in [-0.05, 0) is 81.6 Å². The first-order valence-corrected chi connectivity index (χ1v) is 8.10. The van der Waals surface area contributed by atoms with Crippen molar-refractivity contribution >= 4 is 0 Å². The van der Waals surface area contributed by atoms with Gasteiger partial charge in [0.05, 0.1) is 0 Å². The molecule has 5 fully saturated rings. The van der Waals surface area contributed by atoms with Crippen molar-refractivity contribution in [3.05, 3.63) is 0 Å². The van der Waals surface area contributed by atoms with Crippen LogP contribution in [0.3, 0.4) is 0 Å². The minimum absolute atomic E-state index is 0.441. The Hall–Kier alpha value is -0.0800. The standard InChI is InChI=1S/C16H28N2/c1-18(14-2-3-14)10-15(17)16-7-11-4-12(8-16)6-13(5-11)9-16/h11-15H,2-10,17H2,1H3. The van der Waals surface area contributed by atoms with Crippen molar-refractivity contribution in [3.8, 4) is 0 Å². The molecule has 0 aromatic heterocycles. The Labute approximate surface area is 111 Å². The summed E-state index contributed by atoms with van der Waals surface area (Å²) in [5.74, 6) is 3.11. The van der Waals surface area contributed by atoms with E-state index in [2.05, 4.69) is 11.9 Å². The molecule has 1 atom stereocenters. The largest absolute Gasteiger partial charge is 0.326 e. The van der Waals surface area contributed by atoms with Gasteiger partial charge in [-0.25, -0.2) is 0 Å². The summed E-state index contributed by atoms with van der Waals surface area (Å²) in [7, 11) is 2.29. The smallest absolute Gasteiger partial charge is 0.0225 e. The van der Waals surface area contributed by atoms with E-state index in [4.69, 9.17) is 5.73 Å². The van der Waals surface area contributed by atoms with Gasteiger partial charge in [0.15, 0.2) is 0 Å². The van der Waals surface area contributed by atoms with Crippen molar-refractivity contribution in [3.63, 3.8) is 0 Å². The molecule has 5 rings (SSSR count). The molecular weight excluding hydrogens is 220 g/mol. The summed E-state index contributed by atoms with van der Waals surface area (Å²) in [5, 5.41) is 0. The number of hydrogen-bond acceptors (Lipinski definition) is 2. The molecule has 5 aliphatic rings. The molecule has 2 nitrogen and oxygen atoms in total. The highest BCUT2D eigenvalue weighted by Gasteiger charge is 2.53. The second-order valence-corrected chi connectivity index (χ2v) is 8.06. The third kappa shape index (κ3) is 1.84. The van der Waals surface area contributed by atoms with Gasteiger partial charge < -0.3 is 10.6 Å². The lowest BCUT2D eigenvalue weighted by atomic mass is 9.48. The van der Waals surface area contributed by atoms with E-state index in [-0.39, 0.29) is 0 Å². The summed E-state index contributed by atoms with van der Waals surface area (Å²) >= 11 is 0. The molecule has 1 unspecified atom stereocenters. The highest BCUT2D eigenvalue weighted by Crippen LogP contribution is 2.61. The molecule has 18 heavy (non-hydrogen) atoms. The maximum Gasteiger partial charge on any atom is 0.0225 e. The molecular formula is C16H28N2. The van der Waals surface area contributed by atoms with E-state index in [0.29, 0.717) is 11.5 Å². The monoisotopic (exact) mass is 248 g/mol. The third-order valence-electron chi connectivity index (χ3n) is 6.53. The Kier molecular flexibility index (Phi) is 2.58. The third-order valence-corrected chi connectivity index (χ3v) is 6.53. The lowest BCUT2D eigenvalue weighted by Gasteiger charge is -2.59. The summed E-state index contributed by atoms with van der Waals surface area (Å²) in [4.78, 5) is 2.54. The molecule has 0 amide bonds. The van der Waals surface area contributed by atoms with Gasteiger partial charge in [-0.1, -0.05) is 0 Å². The molecule has 0 aromatic rings. The highest BCUT2D eigenvalue weighted by atomic mass is 15.2. The topological polar surface area (TPSA) is 29.3 Å². The zero-order valence-electron chi connectivity index (χ0n) is 11.8. The van der Waals surface area contributed by atoms with E-state index in [0.717, 1.165) is 30.3 Å². The number of nitrogens with zero attached hydrogens (tertiary/aromatic N) is 1. The molecule has 102 valence electrons. The Morgan fingerprint density at radius 2 is 1.56 bits per heavy atom. The Morgan fingerprint density at radius 1 is 1.06 bits per heavy atom. The van der Waals surface area contributed by atoms with Crippen LogP contribution in [0.4, 0.5) is 0 Å². The molecule has 5 aliphatic carbocycles. The first-order valence-electron chi connectivity index (χ1n) is 8.10. The Bertz CT molecular complexity index is 299. The summed E-state index contributed by atoms with van der Waals surface area (Å²) in [6.45, 7) is 1.15. The molecule has 2 heteroatoms. The van der Waals surface area contributed by atoms with Gasteiger partial charge in [-0.15, -0.1) is 0 Å². The van der Waals surface area contributed by atoms with Crippen LogP contribution in [0.5, 0.6) is 0 Å². The zero-order valence-corrected chi connectivity index (χ0v) is 11.8. The van der Waals surface area contributed by atoms with Crippen LogP contribution >= 0.6 is 0 Å². The van der Waals surface area contributed by atoms with E-state index in [1.165, 1.54) is 51.4 Å². The second kappa shape index (κ2) is 3.96. The van der Waals surface area contributed by atoms with Gasteiger partial charge in [0.25, 0.3) is 0 Å². The quantitative estimate of drug-likeness (QED) is 0.828. The van der Waals surface area contributed by atoms with Gasteiger partial charge in [0, 0.05) is 18.6 Å². The SMILES string of the molecule is CN(CC(N)C12CC3CC(CC(C3)C1)C2)C1CC1. The Balaban J connectivity index is 1.48. The van der Waals surface area contributed by atoms with Crippen LogP contribution in [0.2, 0.25) is 0 Å². The Morgan fingerprint density at radius 3 is 2.00 bits per heavy atom. The lowest BCUT2D eigenvalue weighted by Crippen LogP contribution is -2.57. The number of likely N-dealkylation sites (N-methyl/N-ethyl adjacent to an activating group) is 1. The van der Waals surface area contributed by atoms with E-state index in [1.807, 2.05) is 0 Å². The van der Waals surface area contributed by atoms with Crippen LogP contribution in [0.25, 0.3) is 0 Å². The fourth-order valence-corrected chi connectivity index (χ4v) is 5.80. The van der Waals surface area contributed by atoms with E-state index >= 15 is 0 Å². The molecule has 5 saturated carbocycles. The van der Waals surface area contributed by atoms with Crippen LogP contribution < -0.4 is 5.73 Å². The maximum atomic E-state index is 6.70. The molecule has 0 aromatic carbocycles. The van der Waals surface area contributed by atoms with Crippen molar-refractivity contribution in [2.45, 2.75) is 63.5 Å². The van der Waals surface area contributed by atoms with Crippen LogP contribution in [-0.2, 0) is 0 Å². The van der Waals surface area contributed by atoms with Crippen molar-refractivity contribution in [1.29, 1.82) is 0 Å². The first kappa shape index (κ1) is 11.7. The lowest BCUT2D eigenvalue weighted by molar-refractivity contribution is -0.0708. The maximum absolute atomic E-state index is 6.70. The van der Waals surface area contributed by atoms with Gasteiger partial charge >= 0.3 is 0 Å². The molecule has 4 bridgehead atoms. The molecule has 0 saturated heterocycles. The summed E-state index contributed by atoms with van der Waals surface area (Å²) < 4.78 is 0. The van der Waals surface area contributed by atoms with Gasteiger partial charge in [-0.2, -0.15) is 0 Å². The van der Waals surface area contributed by atoms with Crippen molar-refractivity contribution in [2.75, 3.05) is 13.6 Å². The summed E-state index contributed by atoms with van der Waals surface area (Å²) in [5.41, 5.74) is 7.24. The normalized spacial score (nSPS) is 47.8. The summed E-state index contributed by atoms with van der Waals surface area (Å²) in [6, 6.07) is 1.31. The van der Waals surface area contributed by atoms with Gasteiger partial charge in [0.2, 0.25) is 0 Å². The fourth-order valence-electron chi connectivity index (χ4n) is 5.80. The van der Waals surface area contributed by atoms with E-state index in [1.54, 1.807) is 0 Å². The van der Waals surface area contributed by atoms with Gasteiger partial charge in [-0.3, -0.25) is 0 Å². The molecule has 0 spiro atoms. The minimum Gasteiger partial charge on any atom is -0.326 e. The molecule has 0 radical (unpaired) electrons. The van der Waals surface area contributed by atoms with E-state index < -0.39 is 0 Å². The highest BCUT2D eigenvalue weighted by molar-refractivity contribution is 5.06. The fraction of sp³-hybridized carbons (Fsp3) is 1.00.